The standard InChI is InChI=1S/C15H21ClO3S/c1-4-6-7-10-19-15-9-8-13(20(16,17)18)11-14(15)12(3)5-2/h4,8-9,11-12H,1,5-7,10H2,2-3H3. The monoisotopic (exact) mass is 316 g/mol. The summed E-state index contributed by atoms with van der Waals surface area (Å²) in [6.07, 6.45) is 4.53. The van der Waals surface area contributed by atoms with Gasteiger partial charge in [0.25, 0.3) is 9.05 Å². The summed E-state index contributed by atoms with van der Waals surface area (Å²) >= 11 is 0. The Morgan fingerprint density at radius 1 is 1.45 bits per heavy atom. The number of benzene rings is 1. The van der Waals surface area contributed by atoms with E-state index >= 15 is 0 Å². The molecule has 1 aromatic rings. The molecule has 0 N–H and O–H groups in total. The summed E-state index contributed by atoms with van der Waals surface area (Å²) in [6.45, 7) is 8.34. The van der Waals surface area contributed by atoms with Crippen molar-refractivity contribution >= 4 is 19.7 Å². The van der Waals surface area contributed by atoms with E-state index in [0.29, 0.717) is 6.61 Å². The molecule has 3 nitrogen and oxygen atoms in total. The number of halogens is 1. The van der Waals surface area contributed by atoms with Gasteiger partial charge in [-0.1, -0.05) is 19.9 Å². The molecule has 1 atom stereocenters. The van der Waals surface area contributed by atoms with E-state index in [0.717, 1.165) is 30.6 Å². The minimum Gasteiger partial charge on any atom is -0.493 e. The molecule has 5 heteroatoms. The van der Waals surface area contributed by atoms with Crippen molar-refractivity contribution < 1.29 is 13.2 Å². The normalized spacial score (nSPS) is 12.9. The van der Waals surface area contributed by atoms with E-state index in [1.165, 1.54) is 6.07 Å². The highest BCUT2D eigenvalue weighted by Crippen LogP contribution is 2.32. The predicted molar refractivity (Wildman–Crippen MR) is 83.1 cm³/mol. The Hall–Kier alpha value is -1.00. The average Bonchev–Trinajstić information content (AvgIpc) is 2.41. The number of ether oxygens (including phenoxy) is 1. The zero-order valence-corrected chi connectivity index (χ0v) is 13.5. The molecule has 0 fully saturated rings. The van der Waals surface area contributed by atoms with Crippen molar-refractivity contribution in [1.82, 2.24) is 0 Å². The first-order valence-corrected chi connectivity index (χ1v) is 9.03. The van der Waals surface area contributed by atoms with Crippen LogP contribution in [0.5, 0.6) is 5.75 Å². The van der Waals surface area contributed by atoms with Gasteiger partial charge in [-0.15, -0.1) is 6.58 Å². The quantitative estimate of drug-likeness (QED) is 0.403. The van der Waals surface area contributed by atoms with E-state index in [-0.39, 0.29) is 10.8 Å². The van der Waals surface area contributed by atoms with Crippen LogP contribution in [0.1, 0.15) is 44.6 Å². The van der Waals surface area contributed by atoms with Crippen LogP contribution >= 0.6 is 10.7 Å². The Morgan fingerprint density at radius 2 is 2.15 bits per heavy atom. The van der Waals surface area contributed by atoms with Crippen LogP contribution in [0.4, 0.5) is 0 Å². The van der Waals surface area contributed by atoms with Crippen molar-refractivity contribution in [3.63, 3.8) is 0 Å². The zero-order valence-electron chi connectivity index (χ0n) is 11.9. The van der Waals surface area contributed by atoms with Crippen molar-refractivity contribution in [2.45, 2.75) is 43.9 Å². The summed E-state index contributed by atoms with van der Waals surface area (Å²) in [5.74, 6) is 0.940. The van der Waals surface area contributed by atoms with Crippen LogP contribution in [-0.2, 0) is 9.05 Å². The van der Waals surface area contributed by atoms with E-state index in [4.69, 9.17) is 15.4 Å². The van der Waals surface area contributed by atoms with Crippen LogP contribution in [0.25, 0.3) is 0 Å². The molecule has 1 rings (SSSR count). The zero-order chi connectivity index (χ0) is 15.2. The SMILES string of the molecule is C=CCCCOc1ccc(S(=O)(=O)Cl)cc1C(C)CC. The lowest BCUT2D eigenvalue weighted by molar-refractivity contribution is 0.307. The third-order valence-electron chi connectivity index (χ3n) is 3.22. The predicted octanol–water partition coefficient (Wildman–Crippen LogP) is 4.47. The molecule has 0 aliphatic carbocycles. The number of hydrogen-bond donors (Lipinski definition) is 0. The van der Waals surface area contributed by atoms with Crippen molar-refractivity contribution in [1.29, 1.82) is 0 Å². The lowest BCUT2D eigenvalue weighted by Gasteiger charge is -2.16. The fraction of sp³-hybridized carbons (Fsp3) is 0.467. The molecule has 0 amide bonds. The van der Waals surface area contributed by atoms with Gasteiger partial charge >= 0.3 is 0 Å². The molecule has 0 saturated heterocycles. The second kappa shape index (κ2) is 7.70. The molecule has 1 unspecified atom stereocenters. The van der Waals surface area contributed by atoms with E-state index in [9.17, 15) is 8.42 Å². The van der Waals surface area contributed by atoms with Gasteiger partial charge in [0.1, 0.15) is 5.75 Å². The Labute approximate surface area is 126 Å². The maximum absolute atomic E-state index is 11.4. The van der Waals surface area contributed by atoms with Crippen molar-refractivity contribution in [3.8, 4) is 5.75 Å². The number of unbranched alkanes of at least 4 members (excludes halogenated alkanes) is 1. The lowest BCUT2D eigenvalue weighted by Crippen LogP contribution is -2.04. The molecule has 0 aliphatic heterocycles. The topological polar surface area (TPSA) is 43.4 Å². The van der Waals surface area contributed by atoms with E-state index in [2.05, 4.69) is 6.58 Å². The fourth-order valence-electron chi connectivity index (χ4n) is 1.82. The molecule has 0 aliphatic rings. The van der Waals surface area contributed by atoms with Crippen molar-refractivity contribution in [2.24, 2.45) is 0 Å². The minimum absolute atomic E-state index is 0.118. The first-order valence-electron chi connectivity index (χ1n) is 6.72. The summed E-state index contributed by atoms with van der Waals surface area (Å²) in [5, 5.41) is 0. The number of hydrogen-bond acceptors (Lipinski definition) is 3. The van der Waals surface area contributed by atoms with E-state index in [1.54, 1.807) is 12.1 Å². The first-order chi connectivity index (χ1) is 9.40. The van der Waals surface area contributed by atoms with Gasteiger partial charge in [-0.2, -0.15) is 0 Å². The van der Waals surface area contributed by atoms with Crippen molar-refractivity contribution in [3.05, 3.63) is 36.4 Å². The number of allylic oxidation sites excluding steroid dienone is 1. The van der Waals surface area contributed by atoms with Gasteiger partial charge in [-0.3, -0.25) is 0 Å². The summed E-state index contributed by atoms with van der Waals surface area (Å²) in [5.41, 5.74) is 0.882. The highest BCUT2D eigenvalue weighted by atomic mass is 35.7. The summed E-state index contributed by atoms with van der Waals surface area (Å²) in [4.78, 5) is 0.118. The van der Waals surface area contributed by atoms with Crippen LogP contribution < -0.4 is 4.74 Å². The third kappa shape index (κ3) is 4.84. The van der Waals surface area contributed by atoms with E-state index < -0.39 is 9.05 Å². The fourth-order valence-corrected chi connectivity index (χ4v) is 2.61. The Kier molecular flexibility index (Phi) is 6.56. The molecule has 0 aromatic heterocycles. The summed E-state index contributed by atoms with van der Waals surface area (Å²) < 4.78 is 28.6. The molecule has 0 bridgehead atoms. The third-order valence-corrected chi connectivity index (χ3v) is 4.57. The van der Waals surface area contributed by atoms with Crippen molar-refractivity contribution in [2.75, 3.05) is 6.61 Å². The van der Waals surface area contributed by atoms with Gasteiger partial charge in [0, 0.05) is 10.7 Å². The van der Waals surface area contributed by atoms with E-state index in [1.807, 2.05) is 19.9 Å². The molecule has 0 radical (unpaired) electrons. The second-order valence-electron chi connectivity index (χ2n) is 4.73. The first kappa shape index (κ1) is 17.1. The highest BCUT2D eigenvalue weighted by Gasteiger charge is 2.16. The minimum atomic E-state index is -3.71. The van der Waals surface area contributed by atoms with Crippen LogP contribution in [-0.4, -0.2) is 15.0 Å². The van der Waals surface area contributed by atoms with Gasteiger partial charge in [0.05, 0.1) is 11.5 Å². The Balaban J connectivity index is 3.01. The summed E-state index contributed by atoms with van der Waals surface area (Å²) in [6, 6.07) is 4.78. The average molecular weight is 317 g/mol. The molecule has 112 valence electrons. The van der Waals surface area contributed by atoms with Gasteiger partial charge < -0.3 is 4.74 Å². The molecular weight excluding hydrogens is 296 g/mol. The lowest BCUT2D eigenvalue weighted by atomic mass is 9.98. The van der Waals surface area contributed by atoms with Crippen LogP contribution in [0.2, 0.25) is 0 Å². The molecule has 0 heterocycles. The molecule has 20 heavy (non-hydrogen) atoms. The van der Waals surface area contributed by atoms with Gasteiger partial charge in [0.15, 0.2) is 0 Å². The molecular formula is C15H21ClO3S. The van der Waals surface area contributed by atoms with Gasteiger partial charge in [-0.05, 0) is 48.9 Å². The highest BCUT2D eigenvalue weighted by molar-refractivity contribution is 8.13. The largest absolute Gasteiger partial charge is 0.493 e. The van der Waals surface area contributed by atoms with Crippen LogP contribution in [0.3, 0.4) is 0 Å². The second-order valence-corrected chi connectivity index (χ2v) is 7.29. The molecule has 0 saturated carbocycles. The molecule has 0 spiro atoms. The Bertz CT molecular complexity index is 552. The Morgan fingerprint density at radius 3 is 2.70 bits per heavy atom. The van der Waals surface area contributed by atoms with Gasteiger partial charge in [-0.25, -0.2) is 8.42 Å². The van der Waals surface area contributed by atoms with Crippen LogP contribution in [0.15, 0.2) is 35.7 Å². The summed E-state index contributed by atoms with van der Waals surface area (Å²) in [7, 11) is 1.69. The van der Waals surface area contributed by atoms with Gasteiger partial charge in [0.2, 0.25) is 0 Å². The van der Waals surface area contributed by atoms with Crippen LogP contribution in [0, 0.1) is 0 Å². The number of rotatable bonds is 8. The molecule has 1 aromatic carbocycles. The maximum atomic E-state index is 11.4. The smallest absolute Gasteiger partial charge is 0.261 e. The maximum Gasteiger partial charge on any atom is 0.261 e.